The Balaban J connectivity index is 2.27. The molecule has 3 nitrogen and oxygen atoms in total. The van der Waals surface area contributed by atoms with Crippen LogP contribution in [0.4, 0.5) is 4.39 Å². The van der Waals surface area contributed by atoms with E-state index in [9.17, 15) is 9.18 Å². The third kappa shape index (κ3) is 3.32. The van der Waals surface area contributed by atoms with Crippen molar-refractivity contribution in [3.05, 3.63) is 54.4 Å². The number of hydrogen-bond acceptors (Lipinski definition) is 2. The summed E-state index contributed by atoms with van der Waals surface area (Å²) in [7, 11) is 0. The van der Waals surface area contributed by atoms with Crippen LogP contribution in [0.2, 0.25) is 0 Å². The molecule has 1 atom stereocenters. The van der Waals surface area contributed by atoms with Crippen molar-refractivity contribution in [3.8, 4) is 0 Å². The highest BCUT2D eigenvalue weighted by Crippen LogP contribution is 2.30. The van der Waals surface area contributed by atoms with Gasteiger partial charge >= 0.3 is 0 Å². The summed E-state index contributed by atoms with van der Waals surface area (Å²) in [5, 5.41) is 0. The topological polar surface area (TPSA) is 34.9 Å². The van der Waals surface area contributed by atoms with Crippen molar-refractivity contribution in [2.24, 2.45) is 11.3 Å². The number of imidazole rings is 1. The highest BCUT2D eigenvalue weighted by molar-refractivity contribution is 5.82. The zero-order chi connectivity index (χ0) is 14.8. The molecule has 0 fully saturated rings. The van der Waals surface area contributed by atoms with Crippen molar-refractivity contribution in [1.29, 1.82) is 0 Å². The van der Waals surface area contributed by atoms with E-state index in [1.165, 1.54) is 23.0 Å². The second-order valence-corrected chi connectivity index (χ2v) is 6.06. The third-order valence-electron chi connectivity index (χ3n) is 3.43. The molecule has 1 unspecified atom stereocenters. The van der Waals surface area contributed by atoms with Gasteiger partial charge in [-0.15, -0.1) is 0 Å². The van der Waals surface area contributed by atoms with Crippen LogP contribution in [0.25, 0.3) is 0 Å². The number of nitrogens with zero attached hydrogens (tertiary/aromatic N) is 2. The minimum absolute atomic E-state index is 0.0146. The van der Waals surface area contributed by atoms with E-state index in [-0.39, 0.29) is 23.1 Å². The van der Waals surface area contributed by atoms with Gasteiger partial charge in [-0.1, -0.05) is 32.9 Å². The first kappa shape index (κ1) is 14.4. The minimum atomic E-state index is -0.273. The molecule has 106 valence electrons. The molecule has 20 heavy (non-hydrogen) atoms. The lowest BCUT2D eigenvalue weighted by Crippen LogP contribution is -2.33. The number of carbonyl (C=O) groups is 1. The van der Waals surface area contributed by atoms with Crippen LogP contribution in [0.15, 0.2) is 43.0 Å². The van der Waals surface area contributed by atoms with Gasteiger partial charge in [-0.3, -0.25) is 9.36 Å². The molecule has 4 heteroatoms. The average molecular weight is 274 g/mol. The minimum Gasteiger partial charge on any atom is -0.276 e. The van der Waals surface area contributed by atoms with Crippen molar-refractivity contribution in [2.45, 2.75) is 27.2 Å². The van der Waals surface area contributed by atoms with Gasteiger partial charge in [-0.05, 0) is 29.5 Å². The third-order valence-corrected chi connectivity index (χ3v) is 3.43. The van der Waals surface area contributed by atoms with E-state index in [0.29, 0.717) is 6.42 Å². The fourth-order valence-electron chi connectivity index (χ4n) is 2.23. The highest BCUT2D eigenvalue weighted by Gasteiger charge is 2.32. The first-order valence-electron chi connectivity index (χ1n) is 6.64. The summed E-state index contributed by atoms with van der Waals surface area (Å²) in [6.07, 6.45) is 5.25. The average Bonchev–Trinajstić information content (AvgIpc) is 2.87. The molecule has 2 aromatic rings. The van der Waals surface area contributed by atoms with Crippen LogP contribution in [0, 0.1) is 17.2 Å². The van der Waals surface area contributed by atoms with Crippen LogP contribution >= 0.6 is 0 Å². The lowest BCUT2D eigenvalue weighted by Gasteiger charge is -2.29. The molecule has 0 saturated carbocycles. The van der Waals surface area contributed by atoms with Crippen molar-refractivity contribution < 1.29 is 9.18 Å². The normalized spacial score (nSPS) is 13.2. The summed E-state index contributed by atoms with van der Waals surface area (Å²) in [6, 6.07) is 6.42. The fourth-order valence-corrected chi connectivity index (χ4v) is 2.23. The Morgan fingerprint density at radius 3 is 2.70 bits per heavy atom. The van der Waals surface area contributed by atoms with Crippen molar-refractivity contribution >= 4 is 5.91 Å². The van der Waals surface area contributed by atoms with Gasteiger partial charge in [0.05, 0.1) is 0 Å². The molecule has 1 heterocycles. The number of carbonyl (C=O) groups excluding carboxylic acids is 1. The van der Waals surface area contributed by atoms with Gasteiger partial charge in [-0.2, -0.15) is 0 Å². The van der Waals surface area contributed by atoms with E-state index < -0.39 is 0 Å². The number of halogens is 1. The van der Waals surface area contributed by atoms with E-state index in [4.69, 9.17) is 0 Å². The first-order chi connectivity index (χ1) is 9.38. The molecule has 0 spiro atoms. The van der Waals surface area contributed by atoms with Crippen molar-refractivity contribution in [2.75, 3.05) is 0 Å². The summed E-state index contributed by atoms with van der Waals surface area (Å²) < 4.78 is 14.8. The second kappa shape index (κ2) is 5.57. The molecule has 0 bridgehead atoms. The SMILES string of the molecule is CC(C)(C)C(Cc1cccc(F)c1)C(=O)n1ccnc1. The molecule has 1 aromatic heterocycles. The zero-order valence-corrected chi connectivity index (χ0v) is 12.0. The Labute approximate surface area is 118 Å². The van der Waals surface area contributed by atoms with Crippen LogP contribution < -0.4 is 0 Å². The van der Waals surface area contributed by atoms with E-state index in [1.54, 1.807) is 18.5 Å². The summed E-state index contributed by atoms with van der Waals surface area (Å²) in [5.41, 5.74) is 0.617. The smallest absolute Gasteiger partial charge is 0.235 e. The van der Waals surface area contributed by atoms with Crippen LogP contribution in [-0.2, 0) is 6.42 Å². The molecule has 1 aromatic carbocycles. The van der Waals surface area contributed by atoms with Crippen LogP contribution in [0.1, 0.15) is 31.1 Å². The molecule has 0 N–H and O–H groups in total. The maximum absolute atomic E-state index is 13.3. The number of aromatic nitrogens is 2. The largest absolute Gasteiger partial charge is 0.276 e. The Kier molecular flexibility index (Phi) is 4.02. The highest BCUT2D eigenvalue weighted by atomic mass is 19.1. The molecule has 0 amide bonds. The molecule has 2 rings (SSSR count). The molecule has 0 aliphatic heterocycles. The lowest BCUT2D eigenvalue weighted by atomic mass is 9.76. The van der Waals surface area contributed by atoms with Crippen LogP contribution in [0.3, 0.4) is 0 Å². The summed E-state index contributed by atoms with van der Waals surface area (Å²) >= 11 is 0. The van der Waals surface area contributed by atoms with Gasteiger partial charge in [0, 0.05) is 18.3 Å². The number of hydrogen-bond donors (Lipinski definition) is 0. The van der Waals surface area contributed by atoms with E-state index >= 15 is 0 Å². The maximum atomic E-state index is 13.3. The van der Waals surface area contributed by atoms with Crippen LogP contribution in [0.5, 0.6) is 0 Å². The molecule has 0 saturated heterocycles. The van der Waals surface area contributed by atoms with Crippen molar-refractivity contribution in [1.82, 2.24) is 9.55 Å². The Morgan fingerprint density at radius 2 is 2.15 bits per heavy atom. The molecule has 0 radical (unpaired) electrons. The van der Waals surface area contributed by atoms with Gasteiger partial charge in [0.15, 0.2) is 0 Å². The summed E-state index contributed by atoms with van der Waals surface area (Å²) in [6.45, 7) is 6.06. The quantitative estimate of drug-likeness (QED) is 0.857. The molecule has 0 aliphatic rings. The number of rotatable bonds is 3. The summed E-state index contributed by atoms with van der Waals surface area (Å²) in [4.78, 5) is 16.5. The van der Waals surface area contributed by atoms with Gasteiger partial charge in [0.25, 0.3) is 0 Å². The maximum Gasteiger partial charge on any atom is 0.235 e. The Hall–Kier alpha value is -1.97. The van der Waals surface area contributed by atoms with Gasteiger partial charge in [0.1, 0.15) is 12.1 Å². The van der Waals surface area contributed by atoms with Crippen molar-refractivity contribution in [3.63, 3.8) is 0 Å². The van der Waals surface area contributed by atoms with E-state index in [0.717, 1.165) is 5.56 Å². The fraction of sp³-hybridized carbons (Fsp3) is 0.375. The Bertz CT molecular complexity index is 585. The van der Waals surface area contributed by atoms with Gasteiger partial charge in [-0.25, -0.2) is 9.37 Å². The second-order valence-electron chi connectivity index (χ2n) is 6.06. The molecular weight excluding hydrogens is 255 g/mol. The first-order valence-corrected chi connectivity index (χ1v) is 6.64. The predicted octanol–water partition coefficient (Wildman–Crippen LogP) is 3.57. The molecular formula is C16H19FN2O. The molecule has 0 aliphatic carbocycles. The Morgan fingerprint density at radius 1 is 1.40 bits per heavy atom. The number of benzene rings is 1. The van der Waals surface area contributed by atoms with E-state index in [2.05, 4.69) is 4.98 Å². The zero-order valence-electron chi connectivity index (χ0n) is 12.0. The van der Waals surface area contributed by atoms with Crippen LogP contribution in [-0.4, -0.2) is 15.5 Å². The van der Waals surface area contributed by atoms with Gasteiger partial charge in [0.2, 0.25) is 5.91 Å². The predicted molar refractivity (Wildman–Crippen MR) is 75.9 cm³/mol. The van der Waals surface area contributed by atoms with Gasteiger partial charge < -0.3 is 0 Å². The standard InChI is InChI=1S/C16H19FN2O/c1-16(2,3)14(15(20)19-8-7-18-11-19)10-12-5-4-6-13(17)9-12/h4-9,11,14H,10H2,1-3H3. The summed E-state index contributed by atoms with van der Waals surface area (Å²) in [5.74, 6) is -0.525. The lowest BCUT2D eigenvalue weighted by molar-refractivity contribution is 0.0724. The monoisotopic (exact) mass is 274 g/mol. The van der Waals surface area contributed by atoms with E-state index in [1.807, 2.05) is 26.8 Å².